The minimum Gasteiger partial charge on any atom is -0.491 e. The van der Waals surface area contributed by atoms with Crippen molar-refractivity contribution in [1.29, 1.82) is 0 Å². The molecule has 0 radical (unpaired) electrons. The predicted octanol–water partition coefficient (Wildman–Crippen LogP) is 3.43. The lowest BCUT2D eigenvalue weighted by Gasteiger charge is -2.11. The third-order valence-corrected chi connectivity index (χ3v) is 5.15. The maximum absolute atomic E-state index is 10.2. The third-order valence-electron chi connectivity index (χ3n) is 4.17. The average molecular weight is 380 g/mol. The maximum Gasteiger partial charge on any atom is 0.253 e. The van der Waals surface area contributed by atoms with Gasteiger partial charge < -0.3 is 9.84 Å². The minimum atomic E-state index is -0.621. The number of ether oxygens (including phenoxy) is 1. The first-order chi connectivity index (χ1) is 13.1. The molecule has 2 aromatic carbocycles. The molecule has 6 nitrogen and oxygen atoms in total. The Balaban J connectivity index is 1.35. The number of fused-ring (bicyclic) bond motifs is 2. The molecule has 0 unspecified atom stereocenters. The largest absolute Gasteiger partial charge is 0.491 e. The van der Waals surface area contributed by atoms with Gasteiger partial charge in [-0.15, -0.1) is 5.10 Å². The van der Waals surface area contributed by atoms with E-state index in [4.69, 9.17) is 4.74 Å². The lowest BCUT2D eigenvalue weighted by molar-refractivity contribution is 0.126. The topological polar surface area (TPSA) is 72.5 Å². The fourth-order valence-electron chi connectivity index (χ4n) is 2.88. The smallest absolute Gasteiger partial charge is 0.253 e. The number of aliphatic hydroxyl groups is 1. The molecule has 7 heteroatoms. The van der Waals surface area contributed by atoms with Crippen LogP contribution in [0.4, 0.5) is 0 Å². The van der Waals surface area contributed by atoms with E-state index in [0.717, 1.165) is 27.9 Å². The number of rotatable bonds is 6. The van der Waals surface area contributed by atoms with E-state index in [9.17, 15) is 5.11 Å². The SMILES string of the molecule is Cc1cc(C)n2nc(SC[C@H](O)COc3ccc4ccccc4c3)nc2n1. The maximum atomic E-state index is 10.2. The van der Waals surface area contributed by atoms with Crippen LogP contribution in [-0.4, -0.2) is 43.2 Å². The van der Waals surface area contributed by atoms with Crippen LogP contribution in [0.15, 0.2) is 53.7 Å². The molecule has 0 saturated carbocycles. The van der Waals surface area contributed by atoms with Gasteiger partial charge in [0.25, 0.3) is 5.78 Å². The Kier molecular flexibility index (Phi) is 4.96. The normalized spacial score (nSPS) is 12.6. The first-order valence-electron chi connectivity index (χ1n) is 8.72. The van der Waals surface area contributed by atoms with Gasteiger partial charge in [0.05, 0.1) is 6.10 Å². The summed E-state index contributed by atoms with van der Waals surface area (Å²) in [5, 5.41) is 17.5. The molecule has 2 heterocycles. The molecular formula is C20H20N4O2S. The van der Waals surface area contributed by atoms with Gasteiger partial charge in [0, 0.05) is 17.1 Å². The van der Waals surface area contributed by atoms with Gasteiger partial charge in [0.2, 0.25) is 5.16 Å². The van der Waals surface area contributed by atoms with Crippen molar-refractivity contribution in [2.45, 2.75) is 25.1 Å². The summed E-state index contributed by atoms with van der Waals surface area (Å²) in [6, 6.07) is 16.0. The van der Waals surface area contributed by atoms with Gasteiger partial charge in [-0.05, 0) is 42.8 Å². The first kappa shape index (κ1) is 17.8. The Hall–Kier alpha value is -2.64. The van der Waals surface area contributed by atoms with Gasteiger partial charge in [-0.3, -0.25) is 0 Å². The molecular weight excluding hydrogens is 360 g/mol. The van der Waals surface area contributed by atoms with Gasteiger partial charge in [0.1, 0.15) is 12.4 Å². The van der Waals surface area contributed by atoms with Crippen LogP contribution in [0.3, 0.4) is 0 Å². The number of hydrogen-bond donors (Lipinski definition) is 1. The Morgan fingerprint density at radius 3 is 2.74 bits per heavy atom. The molecule has 0 bridgehead atoms. The van der Waals surface area contributed by atoms with Crippen LogP contribution in [-0.2, 0) is 0 Å². The van der Waals surface area contributed by atoms with Crippen LogP contribution in [0.1, 0.15) is 11.4 Å². The van der Waals surface area contributed by atoms with E-state index in [1.807, 2.05) is 56.3 Å². The Morgan fingerprint density at radius 1 is 1.07 bits per heavy atom. The lowest BCUT2D eigenvalue weighted by atomic mass is 10.1. The monoisotopic (exact) mass is 380 g/mol. The standard InChI is InChI=1S/C20H20N4O2S/c1-13-9-14(2)24-19(21-13)22-20(23-24)27-12-17(25)11-26-18-8-7-15-5-3-4-6-16(15)10-18/h3-10,17,25H,11-12H2,1-2H3/t17-/m1/s1. The third kappa shape index (κ3) is 4.04. The number of benzene rings is 2. The summed E-state index contributed by atoms with van der Waals surface area (Å²) in [4.78, 5) is 8.78. The Labute approximate surface area is 161 Å². The molecule has 0 spiro atoms. The van der Waals surface area contributed by atoms with Crippen molar-refractivity contribution in [2.75, 3.05) is 12.4 Å². The van der Waals surface area contributed by atoms with Gasteiger partial charge in [0.15, 0.2) is 0 Å². The molecule has 1 N–H and O–H groups in total. The van der Waals surface area contributed by atoms with Gasteiger partial charge in [-0.2, -0.15) is 4.98 Å². The van der Waals surface area contributed by atoms with Crippen LogP contribution >= 0.6 is 11.8 Å². The molecule has 0 aliphatic heterocycles. The molecule has 4 rings (SSSR count). The number of thioether (sulfide) groups is 1. The van der Waals surface area contributed by atoms with Crippen molar-refractivity contribution in [1.82, 2.24) is 19.6 Å². The molecule has 0 aliphatic carbocycles. The van der Waals surface area contributed by atoms with Crippen molar-refractivity contribution < 1.29 is 9.84 Å². The molecule has 2 aromatic heterocycles. The second kappa shape index (κ2) is 7.54. The van der Waals surface area contributed by atoms with E-state index in [1.165, 1.54) is 11.8 Å². The highest BCUT2D eigenvalue weighted by Gasteiger charge is 2.12. The first-order valence-corrected chi connectivity index (χ1v) is 9.70. The fraction of sp³-hybridized carbons (Fsp3) is 0.250. The summed E-state index contributed by atoms with van der Waals surface area (Å²) < 4.78 is 7.45. The van der Waals surface area contributed by atoms with E-state index < -0.39 is 6.10 Å². The second-order valence-corrected chi connectivity index (χ2v) is 7.42. The van der Waals surface area contributed by atoms with Gasteiger partial charge in [-0.1, -0.05) is 42.1 Å². The molecule has 0 saturated heterocycles. The van der Waals surface area contributed by atoms with Crippen LogP contribution in [0, 0.1) is 13.8 Å². The van der Waals surface area contributed by atoms with Gasteiger partial charge >= 0.3 is 0 Å². The van der Waals surface area contributed by atoms with Gasteiger partial charge in [-0.25, -0.2) is 9.50 Å². The quantitative estimate of drug-likeness (QED) is 0.517. The second-order valence-electron chi connectivity index (χ2n) is 6.43. The van der Waals surface area contributed by atoms with E-state index in [0.29, 0.717) is 16.7 Å². The average Bonchev–Trinajstić information content (AvgIpc) is 3.08. The van der Waals surface area contributed by atoms with E-state index in [-0.39, 0.29) is 6.61 Å². The Morgan fingerprint density at radius 2 is 1.89 bits per heavy atom. The molecule has 0 aliphatic rings. The zero-order chi connectivity index (χ0) is 18.8. The Bertz CT molecular complexity index is 1100. The summed E-state index contributed by atoms with van der Waals surface area (Å²) in [5.41, 5.74) is 1.89. The fourth-order valence-corrected chi connectivity index (χ4v) is 3.60. The highest BCUT2D eigenvalue weighted by Crippen LogP contribution is 2.21. The van der Waals surface area contributed by atoms with Crippen molar-refractivity contribution in [3.63, 3.8) is 0 Å². The van der Waals surface area contributed by atoms with Crippen molar-refractivity contribution in [3.05, 3.63) is 59.9 Å². The number of nitrogens with zero attached hydrogens (tertiary/aromatic N) is 4. The van der Waals surface area contributed by atoms with E-state index >= 15 is 0 Å². The zero-order valence-electron chi connectivity index (χ0n) is 15.2. The molecule has 4 aromatic rings. The van der Waals surface area contributed by atoms with Crippen molar-refractivity contribution in [2.24, 2.45) is 0 Å². The number of hydrogen-bond acceptors (Lipinski definition) is 6. The summed E-state index contributed by atoms with van der Waals surface area (Å²) in [5.74, 6) is 1.78. The number of aromatic nitrogens is 4. The molecule has 27 heavy (non-hydrogen) atoms. The highest BCUT2D eigenvalue weighted by molar-refractivity contribution is 7.99. The number of aliphatic hydroxyl groups excluding tert-OH is 1. The lowest BCUT2D eigenvalue weighted by Crippen LogP contribution is -2.20. The summed E-state index contributed by atoms with van der Waals surface area (Å²) in [7, 11) is 0. The minimum absolute atomic E-state index is 0.217. The van der Waals surface area contributed by atoms with E-state index in [1.54, 1.807) is 4.52 Å². The molecule has 0 fully saturated rings. The van der Waals surface area contributed by atoms with Crippen LogP contribution < -0.4 is 4.74 Å². The summed E-state index contributed by atoms with van der Waals surface area (Å²) in [6.07, 6.45) is -0.621. The van der Waals surface area contributed by atoms with E-state index in [2.05, 4.69) is 21.1 Å². The predicted molar refractivity (Wildman–Crippen MR) is 106 cm³/mol. The number of aryl methyl sites for hydroxylation is 2. The highest BCUT2D eigenvalue weighted by atomic mass is 32.2. The van der Waals surface area contributed by atoms with Crippen molar-refractivity contribution in [3.8, 4) is 5.75 Å². The summed E-state index contributed by atoms with van der Waals surface area (Å²) in [6.45, 7) is 4.12. The van der Waals surface area contributed by atoms with Crippen LogP contribution in [0.2, 0.25) is 0 Å². The molecule has 138 valence electrons. The summed E-state index contributed by atoms with van der Waals surface area (Å²) >= 11 is 1.39. The van der Waals surface area contributed by atoms with Crippen LogP contribution in [0.5, 0.6) is 5.75 Å². The zero-order valence-corrected chi connectivity index (χ0v) is 16.0. The van der Waals surface area contributed by atoms with Crippen LogP contribution in [0.25, 0.3) is 16.6 Å². The van der Waals surface area contributed by atoms with Crippen molar-refractivity contribution >= 4 is 28.3 Å². The molecule has 1 atom stereocenters. The molecule has 0 amide bonds.